The van der Waals surface area contributed by atoms with Crippen LogP contribution in [0.3, 0.4) is 0 Å². The van der Waals surface area contributed by atoms with Crippen LogP contribution in [0.25, 0.3) is 0 Å². The van der Waals surface area contributed by atoms with Gasteiger partial charge in [0.05, 0.1) is 19.8 Å². The van der Waals surface area contributed by atoms with Gasteiger partial charge < -0.3 is 19.4 Å². The molecule has 1 aromatic heterocycles. The third-order valence-electron chi connectivity index (χ3n) is 5.17. The van der Waals surface area contributed by atoms with E-state index in [1.54, 1.807) is 64.0 Å². The number of rotatable bonds is 9. The Labute approximate surface area is 183 Å². The van der Waals surface area contributed by atoms with Crippen LogP contribution in [-0.2, 0) is 4.74 Å². The van der Waals surface area contributed by atoms with Gasteiger partial charge in [0.2, 0.25) is 0 Å². The molecule has 0 saturated heterocycles. The van der Waals surface area contributed by atoms with E-state index >= 15 is 0 Å². The Morgan fingerprint density at radius 1 is 1.06 bits per heavy atom. The second-order valence-electron chi connectivity index (χ2n) is 7.97. The number of amides is 1. The number of benzene rings is 1. The SMILES string of the molecule is CCOC(=O)c1[nH]c(C)c(C(=O)[C@H](C)N(CC(C)C)C(=O)c2ccc(OC)cc2)c1C. The molecule has 0 unspecified atom stereocenters. The fourth-order valence-corrected chi connectivity index (χ4v) is 3.59. The third kappa shape index (κ3) is 5.34. The minimum Gasteiger partial charge on any atom is -0.497 e. The van der Waals surface area contributed by atoms with E-state index in [2.05, 4.69) is 4.98 Å². The predicted octanol–water partition coefficient (Wildman–Crippen LogP) is 4.19. The number of Topliss-reactive ketones (excluding diaryl/α,β-unsaturated/α-hetero) is 1. The van der Waals surface area contributed by atoms with Crippen molar-refractivity contribution in [1.29, 1.82) is 0 Å². The maximum Gasteiger partial charge on any atom is 0.355 e. The van der Waals surface area contributed by atoms with Gasteiger partial charge in [-0.15, -0.1) is 0 Å². The average Bonchev–Trinajstić information content (AvgIpc) is 3.04. The van der Waals surface area contributed by atoms with Gasteiger partial charge in [0.15, 0.2) is 5.78 Å². The molecule has 0 aliphatic rings. The highest BCUT2D eigenvalue weighted by Gasteiger charge is 2.32. The Hall–Kier alpha value is -3.09. The van der Waals surface area contributed by atoms with E-state index in [9.17, 15) is 14.4 Å². The van der Waals surface area contributed by atoms with Crippen molar-refractivity contribution in [1.82, 2.24) is 9.88 Å². The molecule has 0 aliphatic heterocycles. The van der Waals surface area contributed by atoms with Crippen LogP contribution in [0.1, 0.15) is 70.2 Å². The van der Waals surface area contributed by atoms with Crippen LogP contribution in [0.2, 0.25) is 0 Å². The van der Waals surface area contributed by atoms with Crippen LogP contribution in [0, 0.1) is 19.8 Å². The van der Waals surface area contributed by atoms with E-state index < -0.39 is 12.0 Å². The quantitative estimate of drug-likeness (QED) is 0.478. The van der Waals surface area contributed by atoms with E-state index in [-0.39, 0.29) is 29.9 Å². The number of ketones is 1. The molecule has 0 spiro atoms. The van der Waals surface area contributed by atoms with Gasteiger partial charge in [0.25, 0.3) is 5.91 Å². The highest BCUT2D eigenvalue weighted by molar-refractivity contribution is 6.07. The first-order chi connectivity index (χ1) is 14.6. The van der Waals surface area contributed by atoms with Gasteiger partial charge in [0.1, 0.15) is 11.4 Å². The minimum atomic E-state index is -0.708. The molecule has 1 amide bonds. The van der Waals surface area contributed by atoms with Crippen molar-refractivity contribution in [2.75, 3.05) is 20.3 Å². The van der Waals surface area contributed by atoms with Crippen molar-refractivity contribution in [3.8, 4) is 5.75 Å². The molecule has 168 valence electrons. The predicted molar refractivity (Wildman–Crippen MR) is 119 cm³/mol. The molecule has 0 aliphatic carbocycles. The summed E-state index contributed by atoms with van der Waals surface area (Å²) in [4.78, 5) is 43.5. The lowest BCUT2D eigenvalue weighted by atomic mass is 9.98. The summed E-state index contributed by atoms with van der Waals surface area (Å²) in [5.41, 5.74) is 2.29. The number of carbonyl (C=O) groups excluding carboxylic acids is 3. The number of nitrogens with zero attached hydrogens (tertiary/aromatic N) is 1. The van der Waals surface area contributed by atoms with Gasteiger partial charge in [0, 0.05) is 23.4 Å². The first kappa shape index (κ1) is 24.2. The molecule has 31 heavy (non-hydrogen) atoms. The van der Waals surface area contributed by atoms with Crippen molar-refractivity contribution in [2.45, 2.75) is 47.6 Å². The summed E-state index contributed by atoms with van der Waals surface area (Å²) in [6.45, 7) is 11.6. The topological polar surface area (TPSA) is 88.7 Å². The van der Waals surface area contributed by atoms with Crippen LogP contribution in [0.5, 0.6) is 5.75 Å². The lowest BCUT2D eigenvalue weighted by molar-refractivity contribution is 0.0518. The highest BCUT2D eigenvalue weighted by Crippen LogP contribution is 2.24. The average molecular weight is 429 g/mol. The molecule has 7 heteroatoms. The van der Waals surface area contributed by atoms with Crippen LogP contribution in [0.4, 0.5) is 0 Å². The zero-order valence-electron chi connectivity index (χ0n) is 19.4. The maximum atomic E-state index is 13.5. The second-order valence-corrected chi connectivity index (χ2v) is 7.97. The van der Waals surface area contributed by atoms with Gasteiger partial charge in [-0.2, -0.15) is 0 Å². The number of carbonyl (C=O) groups is 3. The summed E-state index contributed by atoms with van der Waals surface area (Å²) in [7, 11) is 1.56. The van der Waals surface area contributed by atoms with Gasteiger partial charge in [-0.1, -0.05) is 13.8 Å². The standard InChI is InChI=1S/C24H32N2O5/c1-8-31-24(29)21-15(4)20(16(5)25-21)22(27)17(6)26(13-14(2)3)23(28)18-9-11-19(30-7)12-10-18/h9-12,14,17,25H,8,13H2,1-7H3/t17-/m0/s1. The summed E-state index contributed by atoms with van der Waals surface area (Å²) >= 11 is 0. The van der Waals surface area contributed by atoms with E-state index in [0.29, 0.717) is 34.7 Å². The number of esters is 1. The summed E-state index contributed by atoms with van der Waals surface area (Å²) in [5, 5.41) is 0. The van der Waals surface area contributed by atoms with Crippen molar-refractivity contribution >= 4 is 17.7 Å². The minimum absolute atomic E-state index is 0.168. The Bertz CT molecular complexity index is 944. The molecule has 1 atom stereocenters. The van der Waals surface area contributed by atoms with Gasteiger partial charge in [-0.25, -0.2) is 4.79 Å². The molecule has 1 N–H and O–H groups in total. The molecule has 0 fully saturated rings. The van der Waals surface area contributed by atoms with Crippen LogP contribution >= 0.6 is 0 Å². The molecule has 0 radical (unpaired) electrons. The van der Waals surface area contributed by atoms with Crippen LogP contribution < -0.4 is 4.74 Å². The fraction of sp³-hybridized carbons (Fsp3) is 0.458. The monoisotopic (exact) mass is 428 g/mol. The van der Waals surface area contributed by atoms with E-state index in [1.165, 1.54) is 0 Å². The largest absolute Gasteiger partial charge is 0.497 e. The van der Waals surface area contributed by atoms with Crippen LogP contribution in [-0.4, -0.2) is 53.8 Å². The summed E-state index contributed by atoms with van der Waals surface area (Å²) in [5.74, 6) is -0.122. The molecule has 1 heterocycles. The molecule has 0 saturated carbocycles. The van der Waals surface area contributed by atoms with E-state index in [0.717, 1.165) is 0 Å². The first-order valence-electron chi connectivity index (χ1n) is 10.5. The number of methoxy groups -OCH3 is 1. The molecular formula is C24H32N2O5. The second kappa shape index (κ2) is 10.3. The number of nitrogens with one attached hydrogen (secondary N) is 1. The molecule has 1 aromatic carbocycles. The maximum absolute atomic E-state index is 13.5. The number of aryl methyl sites for hydroxylation is 1. The number of hydrogen-bond donors (Lipinski definition) is 1. The van der Waals surface area contributed by atoms with E-state index in [1.807, 2.05) is 13.8 Å². The fourth-order valence-electron chi connectivity index (χ4n) is 3.59. The number of aromatic nitrogens is 1. The zero-order valence-corrected chi connectivity index (χ0v) is 19.4. The van der Waals surface area contributed by atoms with Gasteiger partial charge in [-0.05, 0) is 63.4 Å². The number of H-pyrrole nitrogens is 1. The normalized spacial score (nSPS) is 11.9. The Morgan fingerprint density at radius 3 is 2.19 bits per heavy atom. The molecule has 7 nitrogen and oxygen atoms in total. The van der Waals surface area contributed by atoms with Crippen molar-refractivity contribution in [3.63, 3.8) is 0 Å². The van der Waals surface area contributed by atoms with Crippen molar-refractivity contribution < 1.29 is 23.9 Å². The molecule has 2 rings (SSSR count). The summed E-state index contributed by atoms with van der Waals surface area (Å²) in [6.07, 6.45) is 0. The molecule has 2 aromatic rings. The van der Waals surface area contributed by atoms with Crippen LogP contribution in [0.15, 0.2) is 24.3 Å². The summed E-state index contributed by atoms with van der Waals surface area (Å²) < 4.78 is 10.2. The van der Waals surface area contributed by atoms with E-state index in [4.69, 9.17) is 9.47 Å². The first-order valence-corrected chi connectivity index (χ1v) is 10.5. The third-order valence-corrected chi connectivity index (χ3v) is 5.17. The number of ether oxygens (including phenoxy) is 2. The van der Waals surface area contributed by atoms with Gasteiger partial charge in [-0.3, -0.25) is 9.59 Å². The highest BCUT2D eigenvalue weighted by atomic mass is 16.5. The molecule has 0 bridgehead atoms. The molecular weight excluding hydrogens is 396 g/mol. The zero-order chi connectivity index (χ0) is 23.3. The Kier molecular flexibility index (Phi) is 8.02. The number of hydrogen-bond acceptors (Lipinski definition) is 5. The lowest BCUT2D eigenvalue weighted by Gasteiger charge is -2.30. The van der Waals surface area contributed by atoms with Gasteiger partial charge >= 0.3 is 5.97 Å². The lowest BCUT2D eigenvalue weighted by Crippen LogP contribution is -2.45. The van der Waals surface area contributed by atoms with Crippen molar-refractivity contribution in [2.24, 2.45) is 5.92 Å². The van der Waals surface area contributed by atoms with Crippen molar-refractivity contribution in [3.05, 3.63) is 52.3 Å². The number of aromatic amines is 1. The Morgan fingerprint density at radius 2 is 1.68 bits per heavy atom. The summed E-state index contributed by atoms with van der Waals surface area (Å²) in [6, 6.07) is 6.12. The Balaban J connectivity index is 2.38. The smallest absolute Gasteiger partial charge is 0.355 e.